The Morgan fingerprint density at radius 1 is 0.783 bits per heavy atom. The summed E-state index contributed by atoms with van der Waals surface area (Å²) < 4.78 is 67.3. The van der Waals surface area contributed by atoms with Crippen LogP contribution in [0.25, 0.3) is 0 Å². The Kier molecular flexibility index (Phi) is 12.6. The SMILES string of the molecule is CC(C)[C@H](NC(=O)[C@@H](c1ccc(Cl)cc1)C(N)C[C@@H](c1ccccc1)c1cc(Cl)cc(Cl)c1)C(=O)C(F)(F)C(=O)NCC(F)(F)F. The van der Waals surface area contributed by atoms with Crippen LogP contribution in [0.4, 0.5) is 22.0 Å². The van der Waals surface area contributed by atoms with Gasteiger partial charge in [0, 0.05) is 27.0 Å². The first-order valence-electron chi connectivity index (χ1n) is 14.0. The number of carbonyl (C=O) groups excluding carboxylic acids is 3. The van der Waals surface area contributed by atoms with Crippen LogP contribution in [0.3, 0.4) is 0 Å². The fraction of sp³-hybridized carbons (Fsp3) is 0.344. The molecule has 4 N–H and O–H groups in total. The second-order valence-corrected chi connectivity index (χ2v) is 12.4. The van der Waals surface area contributed by atoms with Crippen LogP contribution >= 0.6 is 34.8 Å². The summed E-state index contributed by atoms with van der Waals surface area (Å²) in [6, 6.07) is 17.2. The molecule has 0 radical (unpaired) electrons. The molecule has 0 aliphatic rings. The first-order valence-corrected chi connectivity index (χ1v) is 15.1. The summed E-state index contributed by atoms with van der Waals surface area (Å²) in [5, 5.41) is 4.38. The lowest BCUT2D eigenvalue weighted by Gasteiger charge is -2.31. The lowest BCUT2D eigenvalue weighted by Crippen LogP contribution is -2.58. The second-order valence-electron chi connectivity index (χ2n) is 11.1. The van der Waals surface area contributed by atoms with Gasteiger partial charge >= 0.3 is 12.1 Å². The fourth-order valence-corrected chi connectivity index (χ4v) is 5.64. The summed E-state index contributed by atoms with van der Waals surface area (Å²) in [6.45, 7) is 0.595. The van der Waals surface area contributed by atoms with E-state index in [4.69, 9.17) is 40.5 Å². The van der Waals surface area contributed by atoms with Crippen LogP contribution in [0.5, 0.6) is 0 Å². The number of hydrogen-bond donors (Lipinski definition) is 3. The fourth-order valence-electron chi connectivity index (χ4n) is 4.97. The molecule has 4 atom stereocenters. The highest BCUT2D eigenvalue weighted by molar-refractivity contribution is 6.34. The van der Waals surface area contributed by atoms with Gasteiger partial charge < -0.3 is 16.4 Å². The van der Waals surface area contributed by atoms with Crippen molar-refractivity contribution in [2.45, 2.75) is 56.3 Å². The van der Waals surface area contributed by atoms with Gasteiger partial charge in [-0.25, -0.2) is 0 Å². The monoisotopic (exact) mass is 705 g/mol. The van der Waals surface area contributed by atoms with Gasteiger partial charge in [-0.05, 0) is 59.4 Å². The van der Waals surface area contributed by atoms with E-state index >= 15 is 0 Å². The molecule has 0 aliphatic heterocycles. The lowest BCUT2D eigenvalue weighted by atomic mass is 9.80. The molecule has 3 rings (SSSR count). The van der Waals surface area contributed by atoms with Crippen molar-refractivity contribution in [3.63, 3.8) is 0 Å². The van der Waals surface area contributed by atoms with Gasteiger partial charge in [-0.15, -0.1) is 0 Å². The van der Waals surface area contributed by atoms with Crippen molar-refractivity contribution in [2.24, 2.45) is 11.7 Å². The van der Waals surface area contributed by atoms with Crippen LogP contribution in [0.2, 0.25) is 15.1 Å². The third-order valence-electron chi connectivity index (χ3n) is 7.23. The highest BCUT2D eigenvalue weighted by Gasteiger charge is 2.52. The van der Waals surface area contributed by atoms with E-state index in [1.807, 2.05) is 30.3 Å². The van der Waals surface area contributed by atoms with Gasteiger partial charge in [-0.2, -0.15) is 22.0 Å². The van der Waals surface area contributed by atoms with Crippen LogP contribution < -0.4 is 16.4 Å². The number of nitrogens with one attached hydrogen (secondary N) is 2. The minimum absolute atomic E-state index is 0.109. The Morgan fingerprint density at radius 3 is 1.87 bits per heavy atom. The van der Waals surface area contributed by atoms with E-state index < -0.39 is 66.1 Å². The van der Waals surface area contributed by atoms with Crippen LogP contribution in [0.1, 0.15) is 48.8 Å². The van der Waals surface area contributed by atoms with Crippen LogP contribution in [0.15, 0.2) is 72.8 Å². The molecule has 0 saturated heterocycles. The van der Waals surface area contributed by atoms with E-state index in [0.29, 0.717) is 26.2 Å². The van der Waals surface area contributed by atoms with Gasteiger partial charge in [0.25, 0.3) is 5.91 Å². The minimum atomic E-state index is -4.99. The zero-order valence-corrected chi connectivity index (χ0v) is 26.8. The maximum atomic E-state index is 14.8. The van der Waals surface area contributed by atoms with E-state index in [-0.39, 0.29) is 6.42 Å². The first kappa shape index (κ1) is 37.2. The minimum Gasteiger partial charge on any atom is -0.345 e. The van der Waals surface area contributed by atoms with E-state index in [1.165, 1.54) is 38.1 Å². The summed E-state index contributed by atoms with van der Waals surface area (Å²) in [4.78, 5) is 38.8. The molecule has 0 bridgehead atoms. The van der Waals surface area contributed by atoms with Crippen LogP contribution in [-0.4, -0.2) is 48.3 Å². The molecule has 0 heterocycles. The number of amides is 2. The Labute approximate surface area is 277 Å². The highest BCUT2D eigenvalue weighted by Crippen LogP contribution is 2.36. The number of hydrogen-bond acceptors (Lipinski definition) is 4. The Bertz CT molecular complexity index is 1500. The summed E-state index contributed by atoms with van der Waals surface area (Å²) in [6.07, 6.45) is -4.88. The largest absolute Gasteiger partial charge is 0.405 e. The van der Waals surface area contributed by atoms with E-state index in [2.05, 4.69) is 5.32 Å². The van der Waals surface area contributed by atoms with Crippen molar-refractivity contribution >= 4 is 52.4 Å². The van der Waals surface area contributed by atoms with Crippen molar-refractivity contribution in [2.75, 3.05) is 6.54 Å². The van der Waals surface area contributed by atoms with E-state index in [1.54, 1.807) is 18.2 Å². The molecule has 0 spiro atoms. The molecule has 46 heavy (non-hydrogen) atoms. The standard InChI is InChI=1S/C32H31Cl3F5N3O3/c1-17(2)27(28(44)32(39,40)30(46)42-16-31(36,37)38)43-29(45)26(19-8-10-21(33)11-9-19)25(41)15-24(18-6-4-3-5-7-18)20-12-22(34)14-23(35)13-20/h3-14,17,24-27H,15-16,41H2,1-2H3,(H,42,46)(H,43,45)/t24-,25?,26-,27-/m0/s1. The predicted octanol–water partition coefficient (Wildman–Crippen LogP) is 7.30. The average molecular weight is 707 g/mol. The molecule has 6 nitrogen and oxygen atoms in total. The van der Waals surface area contributed by atoms with Crippen LogP contribution in [0, 0.1) is 5.92 Å². The van der Waals surface area contributed by atoms with Gasteiger partial charge in [-0.3, -0.25) is 14.4 Å². The number of rotatable bonds is 13. The summed E-state index contributed by atoms with van der Waals surface area (Å²) >= 11 is 18.6. The quantitative estimate of drug-likeness (QED) is 0.128. The summed E-state index contributed by atoms with van der Waals surface area (Å²) in [5.74, 6) is -13.0. The third kappa shape index (κ3) is 9.87. The Balaban J connectivity index is 1.98. The van der Waals surface area contributed by atoms with Gasteiger partial charge in [-0.1, -0.05) is 91.1 Å². The molecule has 14 heteroatoms. The highest BCUT2D eigenvalue weighted by atomic mass is 35.5. The van der Waals surface area contributed by atoms with Crippen molar-refractivity contribution in [3.05, 3.63) is 105 Å². The zero-order valence-electron chi connectivity index (χ0n) is 24.6. The molecule has 3 aromatic carbocycles. The normalized spacial score (nSPS) is 14.7. The smallest absolute Gasteiger partial charge is 0.345 e. The zero-order chi connectivity index (χ0) is 34.4. The summed E-state index contributed by atoms with van der Waals surface area (Å²) in [7, 11) is 0. The molecule has 2 amide bonds. The number of benzene rings is 3. The lowest BCUT2D eigenvalue weighted by molar-refractivity contribution is -0.165. The molecule has 0 fully saturated rings. The first-order chi connectivity index (χ1) is 21.4. The van der Waals surface area contributed by atoms with Crippen molar-refractivity contribution in [1.82, 2.24) is 10.6 Å². The molecule has 3 aromatic rings. The third-order valence-corrected chi connectivity index (χ3v) is 7.92. The van der Waals surface area contributed by atoms with E-state index in [0.717, 1.165) is 10.9 Å². The van der Waals surface area contributed by atoms with Gasteiger partial charge in [0.2, 0.25) is 11.7 Å². The molecule has 0 aromatic heterocycles. The van der Waals surface area contributed by atoms with Crippen LogP contribution in [-0.2, 0) is 14.4 Å². The Hall–Kier alpha value is -3.25. The van der Waals surface area contributed by atoms with Crippen molar-refractivity contribution in [1.29, 1.82) is 0 Å². The number of carbonyl (C=O) groups is 3. The molecular formula is C32H31Cl3F5N3O3. The second kappa shape index (κ2) is 15.6. The number of alkyl halides is 5. The van der Waals surface area contributed by atoms with Gasteiger partial charge in [0.1, 0.15) is 6.54 Å². The number of Topliss-reactive ketones (excluding diaryl/α,β-unsaturated/α-hetero) is 1. The Morgan fingerprint density at radius 2 is 1.35 bits per heavy atom. The molecule has 1 unspecified atom stereocenters. The maximum Gasteiger partial charge on any atom is 0.405 e. The van der Waals surface area contributed by atoms with Gasteiger partial charge in [0.05, 0.1) is 12.0 Å². The predicted molar refractivity (Wildman–Crippen MR) is 167 cm³/mol. The number of ketones is 1. The average Bonchev–Trinajstić information content (AvgIpc) is 2.97. The number of nitrogens with two attached hydrogens (primary N) is 1. The van der Waals surface area contributed by atoms with Crippen molar-refractivity contribution in [3.8, 4) is 0 Å². The number of halogens is 8. The molecular weight excluding hydrogens is 676 g/mol. The summed E-state index contributed by atoms with van der Waals surface area (Å²) in [5.41, 5.74) is 8.56. The molecule has 0 aliphatic carbocycles. The molecule has 0 saturated carbocycles. The van der Waals surface area contributed by atoms with E-state index in [9.17, 15) is 36.3 Å². The maximum absolute atomic E-state index is 14.8. The molecule has 248 valence electrons. The topological polar surface area (TPSA) is 101 Å². The van der Waals surface area contributed by atoms with Crippen molar-refractivity contribution < 1.29 is 36.3 Å². The van der Waals surface area contributed by atoms with Gasteiger partial charge in [0.15, 0.2) is 0 Å².